The van der Waals surface area contributed by atoms with Crippen molar-refractivity contribution in [2.24, 2.45) is 13.0 Å². The average molecular weight is 287 g/mol. The van der Waals surface area contributed by atoms with Gasteiger partial charge in [0.1, 0.15) is 5.69 Å². The number of nitrogens with one attached hydrogen (secondary N) is 1. The van der Waals surface area contributed by atoms with Gasteiger partial charge in [-0.15, -0.1) is 0 Å². The van der Waals surface area contributed by atoms with E-state index in [1.54, 1.807) is 15.2 Å². The van der Waals surface area contributed by atoms with Crippen molar-refractivity contribution in [2.45, 2.75) is 39.3 Å². The van der Waals surface area contributed by atoms with E-state index < -0.39 is 0 Å². The Morgan fingerprint density at radius 1 is 1.43 bits per heavy atom. The van der Waals surface area contributed by atoms with Crippen LogP contribution in [0.4, 0.5) is 0 Å². The summed E-state index contributed by atoms with van der Waals surface area (Å²) in [4.78, 5) is 24.7. The van der Waals surface area contributed by atoms with Crippen molar-refractivity contribution in [3.63, 3.8) is 0 Å². The number of hydrogen-bond acceptors (Lipinski definition) is 2. The lowest BCUT2D eigenvalue weighted by molar-refractivity contribution is 0.0943. The molecule has 1 aliphatic rings. The highest BCUT2D eigenvalue weighted by atomic mass is 16.2. The van der Waals surface area contributed by atoms with Crippen LogP contribution in [0.2, 0.25) is 0 Å². The maximum absolute atomic E-state index is 12.5. The van der Waals surface area contributed by atoms with E-state index in [1.807, 2.05) is 19.3 Å². The molecule has 0 atom stereocenters. The molecular formula is C16H21N3O2. The Bertz CT molecular complexity index is 751. The maximum Gasteiger partial charge on any atom is 0.268 e. The summed E-state index contributed by atoms with van der Waals surface area (Å²) in [5.41, 5.74) is 1.33. The number of hydrogen-bond donors (Lipinski definition) is 1. The minimum absolute atomic E-state index is 0.0257. The van der Waals surface area contributed by atoms with Gasteiger partial charge < -0.3 is 14.5 Å². The number of carbonyl (C=O) groups excluding carboxylic acids is 1. The van der Waals surface area contributed by atoms with E-state index in [-0.39, 0.29) is 11.5 Å². The van der Waals surface area contributed by atoms with Gasteiger partial charge in [0.15, 0.2) is 0 Å². The van der Waals surface area contributed by atoms with Crippen LogP contribution in [-0.4, -0.2) is 21.1 Å². The van der Waals surface area contributed by atoms with Crippen molar-refractivity contribution in [1.29, 1.82) is 0 Å². The molecule has 1 fully saturated rings. The predicted molar refractivity (Wildman–Crippen MR) is 82.5 cm³/mol. The van der Waals surface area contributed by atoms with Gasteiger partial charge in [-0.3, -0.25) is 9.59 Å². The second-order valence-corrected chi connectivity index (χ2v) is 6.30. The van der Waals surface area contributed by atoms with Crippen LogP contribution in [0.3, 0.4) is 0 Å². The van der Waals surface area contributed by atoms with Crippen molar-refractivity contribution in [3.05, 3.63) is 34.4 Å². The molecule has 2 aromatic heterocycles. The highest BCUT2D eigenvalue weighted by molar-refractivity contribution is 5.98. The molecule has 0 spiro atoms. The van der Waals surface area contributed by atoms with Crippen molar-refractivity contribution in [1.82, 2.24) is 14.5 Å². The lowest BCUT2D eigenvalue weighted by atomic mass is 10.2. The Labute approximate surface area is 123 Å². The number of fused-ring (bicyclic) bond motifs is 1. The fourth-order valence-electron chi connectivity index (χ4n) is 2.62. The van der Waals surface area contributed by atoms with Crippen LogP contribution in [0.15, 0.2) is 23.1 Å². The minimum atomic E-state index is -0.0917. The predicted octanol–water partition coefficient (Wildman–Crippen LogP) is 1.89. The van der Waals surface area contributed by atoms with E-state index in [9.17, 15) is 9.59 Å². The number of aromatic nitrogens is 2. The van der Waals surface area contributed by atoms with Gasteiger partial charge in [-0.25, -0.2) is 0 Å². The molecule has 0 aliphatic heterocycles. The summed E-state index contributed by atoms with van der Waals surface area (Å²) in [5.74, 6) is 0.313. The average Bonchev–Trinajstić information content (AvgIpc) is 3.15. The molecule has 0 unspecified atom stereocenters. The number of nitrogens with zero attached hydrogens (tertiary/aromatic N) is 2. The van der Waals surface area contributed by atoms with Crippen LogP contribution >= 0.6 is 0 Å². The molecule has 0 saturated heterocycles. The summed E-state index contributed by atoms with van der Waals surface area (Å²) in [7, 11) is 1.83. The second-order valence-electron chi connectivity index (χ2n) is 6.30. The monoisotopic (exact) mass is 287 g/mol. The van der Waals surface area contributed by atoms with E-state index in [0.29, 0.717) is 29.6 Å². The highest BCUT2D eigenvalue weighted by Crippen LogP contribution is 2.21. The van der Waals surface area contributed by atoms with Gasteiger partial charge in [0.2, 0.25) is 0 Å². The van der Waals surface area contributed by atoms with Crippen molar-refractivity contribution >= 4 is 16.8 Å². The Morgan fingerprint density at radius 3 is 2.76 bits per heavy atom. The first-order valence-electron chi connectivity index (χ1n) is 7.47. The molecule has 1 aliphatic carbocycles. The molecule has 112 valence electrons. The van der Waals surface area contributed by atoms with E-state index in [2.05, 4.69) is 19.2 Å². The number of amides is 1. The van der Waals surface area contributed by atoms with Gasteiger partial charge in [-0.1, -0.05) is 13.8 Å². The van der Waals surface area contributed by atoms with Crippen LogP contribution in [0.25, 0.3) is 10.9 Å². The van der Waals surface area contributed by atoms with Crippen LogP contribution in [0.5, 0.6) is 0 Å². The first-order valence-corrected chi connectivity index (χ1v) is 7.47. The third-order valence-corrected chi connectivity index (χ3v) is 3.89. The van der Waals surface area contributed by atoms with Crippen molar-refractivity contribution < 1.29 is 4.79 Å². The molecule has 21 heavy (non-hydrogen) atoms. The Hall–Kier alpha value is -2.04. The lowest BCUT2D eigenvalue weighted by Gasteiger charge is -2.08. The van der Waals surface area contributed by atoms with E-state index in [4.69, 9.17) is 0 Å². The number of carbonyl (C=O) groups is 1. The van der Waals surface area contributed by atoms with Crippen LogP contribution < -0.4 is 10.9 Å². The van der Waals surface area contributed by atoms with Gasteiger partial charge in [0, 0.05) is 25.8 Å². The summed E-state index contributed by atoms with van der Waals surface area (Å²) in [6, 6.07) is 3.94. The molecule has 2 aromatic rings. The summed E-state index contributed by atoms with van der Waals surface area (Å²) in [6.07, 6.45) is 3.92. The molecule has 0 bridgehead atoms. The maximum atomic E-state index is 12.5. The summed E-state index contributed by atoms with van der Waals surface area (Å²) < 4.78 is 3.52. The standard InChI is InChI=1S/C16H21N3O2/c1-10(2)9-19-7-6-13-12(16(19)21)8-14(18(13)3)15(20)17-11-4-5-11/h6-8,10-11H,4-5,9H2,1-3H3,(H,17,20). The molecule has 2 heterocycles. The second kappa shape index (κ2) is 5.06. The number of rotatable bonds is 4. The molecule has 1 amide bonds. The molecule has 5 heteroatoms. The normalized spacial score (nSPS) is 14.9. The van der Waals surface area contributed by atoms with Crippen LogP contribution in [-0.2, 0) is 13.6 Å². The minimum Gasteiger partial charge on any atom is -0.348 e. The SMILES string of the molecule is CC(C)Cn1ccc2c(cc(C(=O)NC3CC3)n2C)c1=O. The van der Waals surface area contributed by atoms with E-state index >= 15 is 0 Å². The van der Waals surface area contributed by atoms with E-state index in [1.165, 1.54) is 0 Å². The Morgan fingerprint density at radius 2 is 2.14 bits per heavy atom. The zero-order chi connectivity index (χ0) is 15.1. The van der Waals surface area contributed by atoms with Gasteiger partial charge in [0.05, 0.1) is 10.9 Å². The zero-order valence-corrected chi connectivity index (χ0v) is 12.7. The molecule has 1 N–H and O–H groups in total. The fourth-order valence-corrected chi connectivity index (χ4v) is 2.62. The zero-order valence-electron chi connectivity index (χ0n) is 12.7. The van der Waals surface area contributed by atoms with Crippen LogP contribution in [0.1, 0.15) is 37.2 Å². The Balaban J connectivity index is 2.04. The third kappa shape index (κ3) is 2.60. The molecular weight excluding hydrogens is 266 g/mol. The molecule has 0 aromatic carbocycles. The van der Waals surface area contributed by atoms with Gasteiger partial charge in [0.25, 0.3) is 11.5 Å². The molecule has 0 radical (unpaired) electrons. The van der Waals surface area contributed by atoms with Crippen molar-refractivity contribution in [3.8, 4) is 0 Å². The van der Waals surface area contributed by atoms with E-state index in [0.717, 1.165) is 18.4 Å². The first kappa shape index (κ1) is 13.9. The van der Waals surface area contributed by atoms with Crippen LogP contribution in [0, 0.1) is 5.92 Å². The fraction of sp³-hybridized carbons (Fsp3) is 0.500. The smallest absolute Gasteiger partial charge is 0.268 e. The third-order valence-electron chi connectivity index (χ3n) is 3.89. The largest absolute Gasteiger partial charge is 0.348 e. The lowest BCUT2D eigenvalue weighted by Crippen LogP contribution is -2.27. The molecule has 3 rings (SSSR count). The highest BCUT2D eigenvalue weighted by Gasteiger charge is 2.25. The summed E-state index contributed by atoms with van der Waals surface area (Å²) in [6.45, 7) is 4.85. The molecule has 5 nitrogen and oxygen atoms in total. The number of aryl methyl sites for hydroxylation is 1. The topological polar surface area (TPSA) is 56.0 Å². The quantitative estimate of drug-likeness (QED) is 0.933. The van der Waals surface area contributed by atoms with Gasteiger partial charge in [-0.05, 0) is 30.9 Å². The van der Waals surface area contributed by atoms with Gasteiger partial charge in [-0.2, -0.15) is 0 Å². The first-order chi connectivity index (χ1) is 9.97. The van der Waals surface area contributed by atoms with Crippen molar-refractivity contribution in [2.75, 3.05) is 0 Å². The summed E-state index contributed by atoms with van der Waals surface area (Å²) >= 11 is 0. The number of pyridine rings is 1. The van der Waals surface area contributed by atoms with Gasteiger partial charge >= 0.3 is 0 Å². The molecule has 1 saturated carbocycles. The summed E-state index contributed by atoms with van der Waals surface area (Å²) in [5, 5.41) is 3.58. The Kier molecular flexibility index (Phi) is 3.35.